The lowest BCUT2D eigenvalue weighted by Crippen LogP contribution is -2.48. The highest BCUT2D eigenvalue weighted by Gasteiger charge is 2.21. The van der Waals surface area contributed by atoms with Crippen LogP contribution < -0.4 is 0 Å². The van der Waals surface area contributed by atoms with Crippen molar-refractivity contribution in [2.75, 3.05) is 47.4 Å². The molecule has 124 valence electrons. The summed E-state index contributed by atoms with van der Waals surface area (Å²) >= 11 is 0. The SMILES string of the molecule is C=C(C)/C(=C\C(=C/N(C)C)OC)N1CCN(C(=O)CC)CC1. The lowest BCUT2D eigenvalue weighted by Gasteiger charge is -2.37. The number of hydrogen-bond donors (Lipinski definition) is 0. The van der Waals surface area contributed by atoms with Gasteiger partial charge in [0.25, 0.3) is 0 Å². The summed E-state index contributed by atoms with van der Waals surface area (Å²) in [6.45, 7) is 11.2. The largest absolute Gasteiger partial charge is 0.495 e. The Balaban J connectivity index is 2.85. The zero-order valence-corrected chi connectivity index (χ0v) is 14.6. The van der Waals surface area contributed by atoms with Crippen molar-refractivity contribution in [2.24, 2.45) is 0 Å². The van der Waals surface area contributed by atoms with Gasteiger partial charge in [0.2, 0.25) is 5.91 Å². The molecule has 0 atom stereocenters. The Bertz CT molecular complexity index is 459. The molecule has 5 nitrogen and oxygen atoms in total. The molecular formula is C17H29N3O2. The second-order valence-electron chi connectivity index (χ2n) is 5.73. The zero-order valence-electron chi connectivity index (χ0n) is 14.6. The average Bonchev–Trinajstić information content (AvgIpc) is 2.50. The summed E-state index contributed by atoms with van der Waals surface area (Å²) in [4.78, 5) is 17.9. The first-order valence-electron chi connectivity index (χ1n) is 7.71. The van der Waals surface area contributed by atoms with Crippen molar-refractivity contribution in [1.29, 1.82) is 0 Å². The molecule has 22 heavy (non-hydrogen) atoms. The maximum atomic E-state index is 11.8. The Morgan fingerprint density at radius 3 is 2.18 bits per heavy atom. The summed E-state index contributed by atoms with van der Waals surface area (Å²) in [6.07, 6.45) is 4.52. The molecule has 1 fully saturated rings. The third-order valence-electron chi connectivity index (χ3n) is 3.61. The molecule has 0 aromatic heterocycles. The minimum Gasteiger partial charge on any atom is -0.495 e. The van der Waals surface area contributed by atoms with Gasteiger partial charge in [-0.15, -0.1) is 0 Å². The van der Waals surface area contributed by atoms with Crippen molar-refractivity contribution in [3.05, 3.63) is 35.9 Å². The topological polar surface area (TPSA) is 36.0 Å². The fourth-order valence-electron chi connectivity index (χ4n) is 2.44. The minimum absolute atomic E-state index is 0.227. The maximum absolute atomic E-state index is 11.8. The Hall–Kier alpha value is -1.91. The molecule has 0 saturated carbocycles. The van der Waals surface area contributed by atoms with Crippen molar-refractivity contribution in [2.45, 2.75) is 20.3 Å². The van der Waals surface area contributed by atoms with E-state index in [4.69, 9.17) is 4.74 Å². The van der Waals surface area contributed by atoms with Gasteiger partial charge < -0.3 is 19.4 Å². The van der Waals surface area contributed by atoms with Crippen LogP contribution in [0.2, 0.25) is 0 Å². The number of methoxy groups -OCH3 is 1. The van der Waals surface area contributed by atoms with E-state index >= 15 is 0 Å². The Labute approximate surface area is 134 Å². The van der Waals surface area contributed by atoms with Gasteiger partial charge >= 0.3 is 0 Å². The lowest BCUT2D eigenvalue weighted by atomic mass is 10.1. The molecule has 1 heterocycles. The monoisotopic (exact) mass is 307 g/mol. The molecule has 1 saturated heterocycles. The predicted molar refractivity (Wildman–Crippen MR) is 90.1 cm³/mol. The van der Waals surface area contributed by atoms with Gasteiger partial charge in [-0.3, -0.25) is 4.79 Å². The van der Waals surface area contributed by atoms with Gasteiger partial charge in [-0.2, -0.15) is 0 Å². The highest BCUT2D eigenvalue weighted by molar-refractivity contribution is 5.75. The smallest absolute Gasteiger partial charge is 0.222 e. The van der Waals surface area contributed by atoms with Crippen molar-refractivity contribution in [3.63, 3.8) is 0 Å². The van der Waals surface area contributed by atoms with Gasteiger partial charge in [-0.25, -0.2) is 0 Å². The molecule has 0 spiro atoms. The zero-order chi connectivity index (χ0) is 16.7. The molecule has 0 aromatic carbocycles. The van der Waals surface area contributed by atoms with Crippen LogP contribution in [-0.4, -0.2) is 68.0 Å². The fourth-order valence-corrected chi connectivity index (χ4v) is 2.44. The number of carbonyl (C=O) groups is 1. The van der Waals surface area contributed by atoms with Crippen molar-refractivity contribution in [1.82, 2.24) is 14.7 Å². The number of nitrogens with zero attached hydrogens (tertiary/aromatic N) is 3. The summed E-state index contributed by atoms with van der Waals surface area (Å²) in [5, 5.41) is 0. The van der Waals surface area contributed by atoms with Gasteiger partial charge in [0.1, 0.15) is 5.76 Å². The second-order valence-corrected chi connectivity index (χ2v) is 5.73. The number of rotatable bonds is 6. The van der Waals surface area contributed by atoms with Crippen molar-refractivity contribution in [3.8, 4) is 0 Å². The summed E-state index contributed by atoms with van der Waals surface area (Å²) in [6, 6.07) is 0. The van der Waals surface area contributed by atoms with E-state index < -0.39 is 0 Å². The van der Waals surface area contributed by atoms with Crippen LogP contribution >= 0.6 is 0 Å². The predicted octanol–water partition coefficient (Wildman–Crippen LogP) is 2.05. The third-order valence-corrected chi connectivity index (χ3v) is 3.61. The van der Waals surface area contributed by atoms with Crippen LogP contribution in [0, 0.1) is 0 Å². The fraction of sp³-hybridized carbons (Fsp3) is 0.588. The van der Waals surface area contributed by atoms with E-state index in [2.05, 4.69) is 11.5 Å². The van der Waals surface area contributed by atoms with Gasteiger partial charge in [-0.1, -0.05) is 13.5 Å². The molecule has 1 amide bonds. The van der Waals surface area contributed by atoms with Crippen LogP contribution in [0.25, 0.3) is 0 Å². The van der Waals surface area contributed by atoms with E-state index in [0.717, 1.165) is 43.2 Å². The Kier molecular flexibility index (Phi) is 7.02. The average molecular weight is 307 g/mol. The molecule has 1 aliphatic heterocycles. The Morgan fingerprint density at radius 1 is 1.23 bits per heavy atom. The number of carbonyl (C=O) groups excluding carboxylic acids is 1. The molecule has 0 bridgehead atoms. The van der Waals surface area contributed by atoms with Crippen molar-refractivity contribution >= 4 is 5.91 Å². The third kappa shape index (κ3) is 5.13. The molecule has 0 radical (unpaired) electrons. The van der Waals surface area contributed by atoms with E-state index in [0.29, 0.717) is 6.42 Å². The summed E-state index contributed by atoms with van der Waals surface area (Å²) < 4.78 is 5.42. The van der Waals surface area contributed by atoms with Crippen LogP contribution in [0.1, 0.15) is 20.3 Å². The number of ether oxygens (including phenoxy) is 1. The van der Waals surface area contributed by atoms with Gasteiger partial charge in [0.05, 0.1) is 7.11 Å². The normalized spacial score (nSPS) is 16.6. The second kappa shape index (κ2) is 8.51. The Morgan fingerprint density at radius 2 is 1.77 bits per heavy atom. The van der Waals surface area contributed by atoms with Gasteiger partial charge in [-0.05, 0) is 12.5 Å². The van der Waals surface area contributed by atoms with E-state index in [1.165, 1.54) is 0 Å². The lowest BCUT2D eigenvalue weighted by molar-refractivity contribution is -0.132. The first-order valence-corrected chi connectivity index (χ1v) is 7.71. The number of allylic oxidation sites excluding steroid dienone is 2. The van der Waals surface area contributed by atoms with Crippen LogP contribution in [-0.2, 0) is 9.53 Å². The first kappa shape index (κ1) is 18.1. The maximum Gasteiger partial charge on any atom is 0.222 e. The molecular weight excluding hydrogens is 278 g/mol. The standard InChI is InChI=1S/C17H29N3O2/c1-7-17(21)20-10-8-19(9-11-20)16(14(2)3)12-15(22-6)13-18(4)5/h12-13H,2,7-11H2,1,3-6H3/b15-13+,16-12+. The van der Waals surface area contributed by atoms with Crippen LogP contribution in [0.15, 0.2) is 35.9 Å². The van der Waals surface area contributed by atoms with E-state index in [9.17, 15) is 4.79 Å². The quantitative estimate of drug-likeness (QED) is 0.556. The van der Waals surface area contributed by atoms with Gasteiger partial charge in [0, 0.05) is 64.7 Å². The summed E-state index contributed by atoms with van der Waals surface area (Å²) in [7, 11) is 5.59. The summed E-state index contributed by atoms with van der Waals surface area (Å²) in [5.41, 5.74) is 2.07. The molecule has 0 aliphatic carbocycles. The van der Waals surface area contributed by atoms with Crippen molar-refractivity contribution < 1.29 is 9.53 Å². The number of hydrogen-bond acceptors (Lipinski definition) is 4. The minimum atomic E-state index is 0.227. The molecule has 5 heteroatoms. The molecule has 0 unspecified atom stereocenters. The molecule has 1 aliphatic rings. The van der Waals surface area contributed by atoms with Gasteiger partial charge in [0.15, 0.2) is 0 Å². The summed E-state index contributed by atoms with van der Waals surface area (Å²) in [5.74, 6) is 1.01. The van der Waals surface area contributed by atoms with E-state index in [1.54, 1.807) is 7.11 Å². The number of amides is 1. The van der Waals surface area contributed by atoms with Crippen LogP contribution in [0.5, 0.6) is 0 Å². The molecule has 0 aromatic rings. The van der Waals surface area contributed by atoms with Crippen LogP contribution in [0.4, 0.5) is 0 Å². The first-order chi connectivity index (χ1) is 10.4. The highest BCUT2D eigenvalue weighted by atomic mass is 16.5. The van der Waals surface area contributed by atoms with E-state index in [1.807, 2.05) is 50.0 Å². The van der Waals surface area contributed by atoms with E-state index in [-0.39, 0.29) is 5.91 Å². The molecule has 0 N–H and O–H groups in total. The van der Waals surface area contributed by atoms with Crippen LogP contribution in [0.3, 0.4) is 0 Å². The highest BCUT2D eigenvalue weighted by Crippen LogP contribution is 2.19. The molecule has 1 rings (SSSR count). The number of piperazine rings is 1.